The third-order valence-electron chi connectivity index (χ3n) is 3.74. The molecule has 15 heavy (non-hydrogen) atoms. The Kier molecular flexibility index (Phi) is 2.19. The van der Waals surface area contributed by atoms with E-state index in [1.807, 2.05) is 21.5 Å². The number of hydrogen-bond donors (Lipinski definition) is 0. The Bertz CT molecular complexity index is 394. The predicted octanol–water partition coefficient (Wildman–Crippen LogP) is 2.17. The van der Waals surface area contributed by atoms with Crippen LogP contribution in [-0.2, 0) is 6.54 Å². The van der Waals surface area contributed by atoms with E-state index in [1.54, 1.807) is 0 Å². The highest BCUT2D eigenvalue weighted by molar-refractivity contribution is 4.91. The van der Waals surface area contributed by atoms with Gasteiger partial charge in [0.2, 0.25) is 0 Å². The van der Waals surface area contributed by atoms with E-state index < -0.39 is 0 Å². The highest BCUT2D eigenvalue weighted by Gasteiger charge is 2.26. The van der Waals surface area contributed by atoms with Crippen molar-refractivity contribution in [2.75, 3.05) is 0 Å². The van der Waals surface area contributed by atoms with E-state index in [2.05, 4.69) is 0 Å². The summed E-state index contributed by atoms with van der Waals surface area (Å²) in [5.74, 6) is 0.748. The zero-order valence-corrected chi connectivity index (χ0v) is 9.06. The zero-order chi connectivity index (χ0) is 10.3. The van der Waals surface area contributed by atoms with Crippen LogP contribution in [0.1, 0.15) is 44.6 Å². The van der Waals surface area contributed by atoms with Crippen LogP contribution in [0.4, 0.5) is 0 Å². The molecule has 0 saturated heterocycles. The number of nitrogens with zero attached hydrogens (tertiary/aromatic N) is 2. The fourth-order valence-electron chi connectivity index (χ4n) is 2.67. The zero-order valence-electron chi connectivity index (χ0n) is 9.06. The second-order valence-corrected chi connectivity index (χ2v) is 5.02. The average molecular weight is 206 g/mol. The molecule has 0 unspecified atom stereocenters. The van der Waals surface area contributed by atoms with Crippen LogP contribution in [0.5, 0.6) is 0 Å². The van der Waals surface area contributed by atoms with Gasteiger partial charge in [-0.1, -0.05) is 12.8 Å². The SMILES string of the molecule is O=c1n(CC2CCCC2)ccn1C1CC1. The van der Waals surface area contributed by atoms with Crippen molar-refractivity contribution in [3.8, 4) is 0 Å². The highest BCUT2D eigenvalue weighted by Crippen LogP contribution is 2.33. The molecule has 3 nitrogen and oxygen atoms in total. The van der Waals surface area contributed by atoms with Crippen LogP contribution in [0.2, 0.25) is 0 Å². The Morgan fingerprint density at radius 1 is 1.13 bits per heavy atom. The minimum Gasteiger partial charge on any atom is -0.299 e. The molecule has 0 aromatic carbocycles. The maximum atomic E-state index is 12.0. The monoisotopic (exact) mass is 206 g/mol. The van der Waals surface area contributed by atoms with Gasteiger partial charge in [-0.05, 0) is 31.6 Å². The summed E-state index contributed by atoms with van der Waals surface area (Å²) in [5.41, 5.74) is 0.212. The summed E-state index contributed by atoms with van der Waals surface area (Å²) in [4.78, 5) is 12.0. The fraction of sp³-hybridized carbons (Fsp3) is 0.750. The molecule has 0 spiro atoms. The average Bonchev–Trinajstić information content (AvgIpc) is 2.83. The molecule has 2 aliphatic carbocycles. The smallest absolute Gasteiger partial charge is 0.299 e. The topological polar surface area (TPSA) is 26.9 Å². The molecule has 1 heterocycles. The number of aromatic nitrogens is 2. The Labute approximate surface area is 89.7 Å². The molecule has 82 valence electrons. The van der Waals surface area contributed by atoms with E-state index in [0.717, 1.165) is 12.5 Å². The summed E-state index contributed by atoms with van der Waals surface area (Å²) >= 11 is 0. The highest BCUT2D eigenvalue weighted by atomic mass is 16.1. The molecule has 0 N–H and O–H groups in total. The number of rotatable bonds is 3. The molecular weight excluding hydrogens is 188 g/mol. The van der Waals surface area contributed by atoms with E-state index in [1.165, 1.54) is 38.5 Å². The number of imidazole rings is 1. The van der Waals surface area contributed by atoms with Crippen LogP contribution in [0.3, 0.4) is 0 Å². The quantitative estimate of drug-likeness (QED) is 0.744. The molecule has 0 amide bonds. The van der Waals surface area contributed by atoms with E-state index in [-0.39, 0.29) is 5.69 Å². The first-order chi connectivity index (χ1) is 7.34. The lowest BCUT2D eigenvalue weighted by Gasteiger charge is -2.08. The van der Waals surface area contributed by atoms with Crippen molar-refractivity contribution in [3.05, 3.63) is 22.9 Å². The predicted molar refractivity (Wildman–Crippen MR) is 58.9 cm³/mol. The molecular formula is C12H18N2O. The Hall–Kier alpha value is -0.990. The fourth-order valence-corrected chi connectivity index (χ4v) is 2.67. The minimum absolute atomic E-state index is 0.212. The first kappa shape index (κ1) is 9.25. The van der Waals surface area contributed by atoms with Crippen molar-refractivity contribution < 1.29 is 0 Å². The molecule has 3 heteroatoms. The van der Waals surface area contributed by atoms with Gasteiger partial charge < -0.3 is 0 Å². The standard InChI is InChI=1S/C12H18N2O/c15-12-13(9-10-3-1-2-4-10)7-8-14(12)11-5-6-11/h7-8,10-11H,1-6,9H2. The van der Waals surface area contributed by atoms with E-state index in [4.69, 9.17) is 0 Å². The molecule has 0 aliphatic heterocycles. The minimum atomic E-state index is 0.212. The first-order valence-electron chi connectivity index (χ1n) is 6.12. The molecule has 1 aromatic rings. The van der Waals surface area contributed by atoms with Gasteiger partial charge in [0.15, 0.2) is 0 Å². The molecule has 2 saturated carbocycles. The van der Waals surface area contributed by atoms with Crippen LogP contribution in [0, 0.1) is 5.92 Å². The Morgan fingerprint density at radius 3 is 2.53 bits per heavy atom. The van der Waals surface area contributed by atoms with Crippen molar-refractivity contribution in [2.24, 2.45) is 5.92 Å². The summed E-state index contributed by atoms with van der Waals surface area (Å²) < 4.78 is 3.82. The van der Waals surface area contributed by atoms with Gasteiger partial charge in [0.25, 0.3) is 0 Å². The van der Waals surface area contributed by atoms with Crippen LogP contribution in [-0.4, -0.2) is 9.13 Å². The van der Waals surface area contributed by atoms with E-state index >= 15 is 0 Å². The number of hydrogen-bond acceptors (Lipinski definition) is 1. The maximum absolute atomic E-state index is 12.0. The summed E-state index contributed by atoms with van der Waals surface area (Å²) in [6.45, 7) is 0.943. The third kappa shape index (κ3) is 1.75. The molecule has 0 atom stereocenters. The lowest BCUT2D eigenvalue weighted by atomic mass is 10.1. The van der Waals surface area contributed by atoms with Crippen molar-refractivity contribution in [1.29, 1.82) is 0 Å². The van der Waals surface area contributed by atoms with Crippen LogP contribution in [0.25, 0.3) is 0 Å². The van der Waals surface area contributed by atoms with Gasteiger partial charge in [-0.2, -0.15) is 0 Å². The van der Waals surface area contributed by atoms with Crippen LogP contribution >= 0.6 is 0 Å². The van der Waals surface area contributed by atoms with Gasteiger partial charge in [0, 0.05) is 25.0 Å². The van der Waals surface area contributed by atoms with Crippen LogP contribution < -0.4 is 5.69 Å². The van der Waals surface area contributed by atoms with Gasteiger partial charge >= 0.3 is 5.69 Å². The molecule has 2 fully saturated rings. The van der Waals surface area contributed by atoms with Gasteiger partial charge in [0.1, 0.15) is 0 Å². The second-order valence-electron chi connectivity index (χ2n) is 5.02. The van der Waals surface area contributed by atoms with Crippen molar-refractivity contribution in [1.82, 2.24) is 9.13 Å². The third-order valence-corrected chi connectivity index (χ3v) is 3.74. The van der Waals surface area contributed by atoms with Crippen molar-refractivity contribution in [2.45, 2.75) is 51.1 Å². The summed E-state index contributed by atoms with van der Waals surface area (Å²) in [6, 6.07) is 0.516. The van der Waals surface area contributed by atoms with E-state index in [9.17, 15) is 4.79 Å². The summed E-state index contributed by atoms with van der Waals surface area (Å²) in [7, 11) is 0. The van der Waals surface area contributed by atoms with Gasteiger partial charge in [0.05, 0.1) is 0 Å². The largest absolute Gasteiger partial charge is 0.328 e. The maximum Gasteiger partial charge on any atom is 0.328 e. The normalized spacial score (nSPS) is 22.4. The van der Waals surface area contributed by atoms with Gasteiger partial charge in [-0.3, -0.25) is 9.13 Å². The summed E-state index contributed by atoms with van der Waals surface area (Å²) in [5, 5.41) is 0. The van der Waals surface area contributed by atoms with Crippen molar-refractivity contribution in [3.63, 3.8) is 0 Å². The summed E-state index contributed by atoms with van der Waals surface area (Å²) in [6.07, 6.45) is 11.6. The lowest BCUT2D eigenvalue weighted by Crippen LogP contribution is -2.25. The van der Waals surface area contributed by atoms with Gasteiger partial charge in [-0.25, -0.2) is 4.79 Å². The Morgan fingerprint density at radius 2 is 1.87 bits per heavy atom. The van der Waals surface area contributed by atoms with E-state index in [0.29, 0.717) is 6.04 Å². The molecule has 2 aliphatic rings. The lowest BCUT2D eigenvalue weighted by molar-refractivity contribution is 0.444. The Balaban J connectivity index is 1.76. The van der Waals surface area contributed by atoms with Crippen molar-refractivity contribution >= 4 is 0 Å². The first-order valence-corrected chi connectivity index (χ1v) is 6.12. The van der Waals surface area contributed by atoms with Crippen LogP contribution in [0.15, 0.2) is 17.2 Å². The molecule has 0 bridgehead atoms. The molecule has 1 aromatic heterocycles. The molecule has 3 rings (SSSR count). The molecule has 0 radical (unpaired) electrons. The second kappa shape index (κ2) is 3.54. The van der Waals surface area contributed by atoms with Gasteiger partial charge in [-0.15, -0.1) is 0 Å².